The smallest absolute Gasteiger partial charge is 0.258 e. The van der Waals surface area contributed by atoms with Gasteiger partial charge in [0.1, 0.15) is 0 Å². The number of imide groups is 1. The Morgan fingerprint density at radius 1 is 1.18 bits per heavy atom. The van der Waals surface area contributed by atoms with Crippen LogP contribution in [0.15, 0.2) is 30.4 Å². The van der Waals surface area contributed by atoms with Crippen LogP contribution in [0.2, 0.25) is 0 Å². The number of fused-ring (bicyclic) bond motifs is 1. The number of nitrogen functional groups attached to an aromatic ring is 1. The van der Waals surface area contributed by atoms with Crippen molar-refractivity contribution in [2.75, 3.05) is 10.6 Å². The van der Waals surface area contributed by atoms with Crippen LogP contribution in [-0.4, -0.2) is 21.8 Å². The number of imidazole rings is 1. The van der Waals surface area contributed by atoms with E-state index in [4.69, 9.17) is 5.73 Å². The molecule has 1 aromatic heterocycles. The van der Waals surface area contributed by atoms with Crippen LogP contribution in [0.3, 0.4) is 0 Å². The maximum absolute atomic E-state index is 11.5. The fraction of sp³-hybridized carbons (Fsp3) is 0. The molecule has 0 spiro atoms. The molecule has 0 saturated heterocycles. The van der Waals surface area contributed by atoms with Gasteiger partial charge >= 0.3 is 0 Å². The van der Waals surface area contributed by atoms with Gasteiger partial charge in [0.25, 0.3) is 11.8 Å². The molecule has 6 nitrogen and oxygen atoms in total. The van der Waals surface area contributed by atoms with E-state index in [2.05, 4.69) is 9.97 Å². The molecule has 2 aromatic rings. The first-order valence-corrected chi connectivity index (χ1v) is 4.96. The Labute approximate surface area is 95.7 Å². The number of carbonyl (C=O) groups is 2. The summed E-state index contributed by atoms with van der Waals surface area (Å²) in [5, 5.41) is 0. The number of rotatable bonds is 1. The lowest BCUT2D eigenvalue weighted by Crippen LogP contribution is -2.29. The number of amides is 2. The normalized spacial score (nSPS) is 15.2. The third-order valence-corrected chi connectivity index (χ3v) is 2.55. The minimum Gasteiger partial charge on any atom is -0.369 e. The molecule has 6 heteroatoms. The minimum absolute atomic E-state index is 0.300. The zero-order chi connectivity index (χ0) is 12.0. The number of nitrogens with two attached hydrogens (primary N) is 1. The van der Waals surface area contributed by atoms with Crippen LogP contribution in [0, 0.1) is 0 Å². The molecule has 0 saturated carbocycles. The van der Waals surface area contributed by atoms with Crippen LogP contribution < -0.4 is 10.6 Å². The molecule has 3 N–H and O–H groups in total. The van der Waals surface area contributed by atoms with Crippen LogP contribution >= 0.6 is 0 Å². The minimum atomic E-state index is -0.346. The van der Waals surface area contributed by atoms with E-state index in [0.29, 0.717) is 22.7 Å². The van der Waals surface area contributed by atoms with Gasteiger partial charge in [0.05, 0.1) is 16.7 Å². The van der Waals surface area contributed by atoms with E-state index in [-0.39, 0.29) is 11.8 Å². The van der Waals surface area contributed by atoms with E-state index in [1.807, 2.05) is 0 Å². The molecule has 84 valence electrons. The van der Waals surface area contributed by atoms with Gasteiger partial charge in [-0.3, -0.25) is 9.59 Å². The Bertz CT molecular complexity index is 653. The molecule has 17 heavy (non-hydrogen) atoms. The van der Waals surface area contributed by atoms with Crippen molar-refractivity contribution < 1.29 is 9.59 Å². The number of hydrogen-bond acceptors (Lipinski definition) is 4. The van der Waals surface area contributed by atoms with Crippen molar-refractivity contribution in [3.8, 4) is 0 Å². The van der Waals surface area contributed by atoms with E-state index >= 15 is 0 Å². The molecule has 0 fully saturated rings. The topological polar surface area (TPSA) is 92.1 Å². The van der Waals surface area contributed by atoms with Crippen LogP contribution in [0.5, 0.6) is 0 Å². The molecule has 0 radical (unpaired) electrons. The van der Waals surface area contributed by atoms with Gasteiger partial charge in [-0.2, -0.15) is 0 Å². The fourth-order valence-electron chi connectivity index (χ4n) is 1.81. The third-order valence-electron chi connectivity index (χ3n) is 2.55. The average Bonchev–Trinajstić information content (AvgIpc) is 2.80. The monoisotopic (exact) mass is 228 g/mol. The molecule has 2 heterocycles. The molecule has 3 rings (SSSR count). The highest BCUT2D eigenvalue weighted by atomic mass is 16.2. The van der Waals surface area contributed by atoms with Crippen molar-refractivity contribution in [3.63, 3.8) is 0 Å². The zero-order valence-corrected chi connectivity index (χ0v) is 8.68. The summed E-state index contributed by atoms with van der Waals surface area (Å²) in [6.07, 6.45) is 2.49. The summed E-state index contributed by atoms with van der Waals surface area (Å²) in [6, 6.07) is 5.03. The number of carbonyl (C=O) groups excluding carboxylic acids is 2. The molecule has 1 aromatic carbocycles. The van der Waals surface area contributed by atoms with Crippen LogP contribution in [0.25, 0.3) is 11.0 Å². The summed E-state index contributed by atoms with van der Waals surface area (Å²) in [7, 11) is 0. The number of anilines is 2. The summed E-state index contributed by atoms with van der Waals surface area (Å²) in [4.78, 5) is 31.0. The van der Waals surface area contributed by atoms with Crippen LogP contribution in [0.1, 0.15) is 0 Å². The number of aromatic amines is 1. The van der Waals surface area contributed by atoms with Crippen molar-refractivity contribution >= 4 is 34.5 Å². The molecular weight excluding hydrogens is 220 g/mol. The Morgan fingerprint density at radius 2 is 1.88 bits per heavy atom. The quantitative estimate of drug-likeness (QED) is 0.698. The van der Waals surface area contributed by atoms with Crippen molar-refractivity contribution in [2.24, 2.45) is 0 Å². The molecule has 0 aliphatic carbocycles. The van der Waals surface area contributed by atoms with E-state index in [1.54, 1.807) is 18.2 Å². The molecule has 0 bridgehead atoms. The van der Waals surface area contributed by atoms with Gasteiger partial charge in [0.15, 0.2) is 5.95 Å². The van der Waals surface area contributed by atoms with Gasteiger partial charge < -0.3 is 10.7 Å². The second kappa shape index (κ2) is 3.18. The fourth-order valence-corrected chi connectivity index (χ4v) is 1.81. The predicted molar refractivity (Wildman–Crippen MR) is 62.1 cm³/mol. The number of hydrogen-bond donors (Lipinski definition) is 2. The summed E-state index contributed by atoms with van der Waals surface area (Å²) in [6.45, 7) is 0. The predicted octanol–water partition coefficient (Wildman–Crippen LogP) is 0.575. The zero-order valence-electron chi connectivity index (χ0n) is 8.68. The second-order valence-corrected chi connectivity index (χ2v) is 3.67. The third kappa shape index (κ3) is 1.38. The molecule has 1 aliphatic heterocycles. The maximum atomic E-state index is 11.5. The maximum Gasteiger partial charge on any atom is 0.258 e. The van der Waals surface area contributed by atoms with E-state index in [1.165, 1.54) is 12.2 Å². The average molecular weight is 228 g/mol. The van der Waals surface area contributed by atoms with Crippen molar-refractivity contribution in [2.45, 2.75) is 0 Å². The van der Waals surface area contributed by atoms with Crippen molar-refractivity contribution in [1.82, 2.24) is 9.97 Å². The Kier molecular flexibility index (Phi) is 1.79. The summed E-state index contributed by atoms with van der Waals surface area (Å²) < 4.78 is 0. The highest BCUT2D eigenvalue weighted by Crippen LogP contribution is 2.23. The summed E-state index contributed by atoms with van der Waals surface area (Å²) in [5.41, 5.74) is 7.40. The SMILES string of the molecule is Nc1nc2ccc(N3C(=O)C=CC3=O)cc2[nH]1. The summed E-state index contributed by atoms with van der Waals surface area (Å²) in [5.74, 6) is -0.391. The van der Waals surface area contributed by atoms with Gasteiger partial charge in [-0.1, -0.05) is 0 Å². The number of nitrogens with zero attached hydrogens (tertiary/aromatic N) is 2. The molecule has 1 aliphatic rings. The van der Waals surface area contributed by atoms with Gasteiger partial charge in [-0.05, 0) is 18.2 Å². The van der Waals surface area contributed by atoms with Gasteiger partial charge in [-0.15, -0.1) is 0 Å². The molecular formula is C11H8N4O2. The highest BCUT2D eigenvalue weighted by Gasteiger charge is 2.25. The van der Waals surface area contributed by atoms with Crippen molar-refractivity contribution in [1.29, 1.82) is 0 Å². The van der Waals surface area contributed by atoms with Crippen LogP contribution in [0.4, 0.5) is 11.6 Å². The van der Waals surface area contributed by atoms with Gasteiger partial charge in [0, 0.05) is 12.2 Å². The Morgan fingerprint density at radius 3 is 2.59 bits per heavy atom. The number of benzene rings is 1. The first kappa shape index (κ1) is 9.59. The molecule has 2 amide bonds. The lowest BCUT2D eigenvalue weighted by Gasteiger charge is -2.13. The largest absolute Gasteiger partial charge is 0.369 e. The molecule has 0 atom stereocenters. The van der Waals surface area contributed by atoms with E-state index < -0.39 is 0 Å². The summed E-state index contributed by atoms with van der Waals surface area (Å²) >= 11 is 0. The Balaban J connectivity index is 2.12. The van der Waals surface area contributed by atoms with E-state index in [0.717, 1.165) is 4.90 Å². The van der Waals surface area contributed by atoms with E-state index in [9.17, 15) is 9.59 Å². The number of H-pyrrole nitrogens is 1. The second-order valence-electron chi connectivity index (χ2n) is 3.67. The number of aromatic nitrogens is 2. The van der Waals surface area contributed by atoms with Crippen molar-refractivity contribution in [3.05, 3.63) is 30.4 Å². The first-order chi connectivity index (χ1) is 8.15. The standard InChI is InChI=1S/C11H8N4O2/c12-11-13-7-2-1-6(5-8(7)14-11)15-9(16)3-4-10(15)17/h1-5H,(H3,12,13,14). The first-order valence-electron chi connectivity index (χ1n) is 4.96. The van der Waals surface area contributed by atoms with Crippen LogP contribution in [-0.2, 0) is 9.59 Å². The Hall–Kier alpha value is -2.63. The lowest BCUT2D eigenvalue weighted by atomic mass is 10.2. The lowest BCUT2D eigenvalue weighted by molar-refractivity contribution is -0.119. The highest BCUT2D eigenvalue weighted by molar-refractivity contribution is 6.28. The molecule has 0 unspecified atom stereocenters. The number of nitrogens with one attached hydrogen (secondary N) is 1. The van der Waals surface area contributed by atoms with Gasteiger partial charge in [-0.25, -0.2) is 9.88 Å². The van der Waals surface area contributed by atoms with Gasteiger partial charge in [0.2, 0.25) is 0 Å².